The van der Waals surface area contributed by atoms with Crippen LogP contribution in [-0.4, -0.2) is 10.1 Å². The molecule has 0 bridgehead atoms. The Morgan fingerprint density at radius 2 is 2.14 bits per heavy atom. The van der Waals surface area contributed by atoms with Gasteiger partial charge in [-0.2, -0.15) is 0 Å². The van der Waals surface area contributed by atoms with Crippen LogP contribution in [0.25, 0.3) is 0 Å². The lowest BCUT2D eigenvalue weighted by atomic mass is 10.0. The monoisotopic (exact) mass is 191 g/mol. The Kier molecular flexibility index (Phi) is 2.55. The lowest BCUT2D eigenvalue weighted by Crippen LogP contribution is -2.01. The zero-order chi connectivity index (χ0) is 10.1. The van der Waals surface area contributed by atoms with Crippen LogP contribution < -0.4 is 0 Å². The van der Waals surface area contributed by atoms with Crippen molar-refractivity contribution >= 4 is 0 Å². The summed E-state index contributed by atoms with van der Waals surface area (Å²) in [5.41, 5.74) is 3.23. The lowest BCUT2D eigenvalue weighted by Gasteiger charge is -2.10. The van der Waals surface area contributed by atoms with E-state index in [1.807, 2.05) is 0 Å². The summed E-state index contributed by atoms with van der Waals surface area (Å²) in [6, 6.07) is 4.24. The molecule has 1 N–H and O–H groups in total. The number of rotatable bonds is 3. The molecule has 1 heterocycles. The molecule has 1 fully saturated rings. The van der Waals surface area contributed by atoms with Crippen molar-refractivity contribution in [2.24, 2.45) is 0 Å². The van der Waals surface area contributed by atoms with Crippen LogP contribution in [0.2, 0.25) is 0 Å². The molecule has 2 rings (SSSR count). The van der Waals surface area contributed by atoms with Crippen LogP contribution in [0.4, 0.5) is 0 Å². The van der Waals surface area contributed by atoms with Gasteiger partial charge in [0.25, 0.3) is 0 Å². The average molecular weight is 191 g/mol. The zero-order valence-electron chi connectivity index (χ0n) is 8.83. The van der Waals surface area contributed by atoms with E-state index in [2.05, 4.69) is 31.0 Å². The van der Waals surface area contributed by atoms with E-state index in [0.29, 0.717) is 11.8 Å². The van der Waals surface area contributed by atoms with Gasteiger partial charge in [-0.1, -0.05) is 19.9 Å². The molecule has 1 saturated carbocycles. The van der Waals surface area contributed by atoms with Gasteiger partial charge in [0.1, 0.15) is 0 Å². The van der Waals surface area contributed by atoms with Crippen molar-refractivity contribution in [2.75, 3.05) is 0 Å². The first kappa shape index (κ1) is 9.66. The second-order valence-corrected chi connectivity index (χ2v) is 4.36. The van der Waals surface area contributed by atoms with Gasteiger partial charge in [0.2, 0.25) is 0 Å². The first-order valence-corrected chi connectivity index (χ1v) is 5.33. The summed E-state index contributed by atoms with van der Waals surface area (Å²) >= 11 is 0. The Bertz CT molecular complexity index is 329. The van der Waals surface area contributed by atoms with Crippen molar-refractivity contribution in [3.05, 3.63) is 29.1 Å². The summed E-state index contributed by atoms with van der Waals surface area (Å²) in [4.78, 5) is 4.50. The van der Waals surface area contributed by atoms with E-state index in [1.54, 1.807) is 0 Å². The van der Waals surface area contributed by atoms with Crippen molar-refractivity contribution in [1.82, 2.24) is 4.98 Å². The maximum absolute atomic E-state index is 9.24. The average Bonchev–Trinajstić information content (AvgIpc) is 3.00. The maximum atomic E-state index is 9.24. The molecular weight excluding hydrogens is 174 g/mol. The van der Waals surface area contributed by atoms with Crippen molar-refractivity contribution in [3.8, 4) is 0 Å². The standard InChI is InChI=1S/C12H17NO/c1-8(2)11-6-5-10(9-3-4-9)12(7-14)13-11/h5-6,8-9,14H,3-4,7H2,1-2H3. The molecule has 76 valence electrons. The fourth-order valence-corrected chi connectivity index (χ4v) is 1.74. The highest BCUT2D eigenvalue weighted by Gasteiger charge is 2.26. The second-order valence-electron chi connectivity index (χ2n) is 4.36. The first-order valence-electron chi connectivity index (χ1n) is 5.33. The molecule has 0 atom stereocenters. The van der Waals surface area contributed by atoms with Gasteiger partial charge in [0, 0.05) is 5.69 Å². The Balaban J connectivity index is 2.34. The molecule has 0 radical (unpaired) electrons. The summed E-state index contributed by atoms with van der Waals surface area (Å²) in [7, 11) is 0. The number of hydrogen-bond acceptors (Lipinski definition) is 2. The third-order valence-corrected chi connectivity index (χ3v) is 2.79. The number of aliphatic hydroxyl groups excluding tert-OH is 1. The van der Waals surface area contributed by atoms with E-state index < -0.39 is 0 Å². The molecule has 0 spiro atoms. The Hall–Kier alpha value is -0.890. The SMILES string of the molecule is CC(C)c1ccc(C2CC2)c(CO)n1. The molecule has 1 aromatic rings. The number of hydrogen-bond donors (Lipinski definition) is 1. The van der Waals surface area contributed by atoms with E-state index in [4.69, 9.17) is 0 Å². The van der Waals surface area contributed by atoms with Gasteiger partial charge < -0.3 is 5.11 Å². The second kappa shape index (κ2) is 3.70. The van der Waals surface area contributed by atoms with Crippen LogP contribution in [0.1, 0.15) is 55.5 Å². The molecule has 1 aliphatic rings. The molecule has 1 aromatic heterocycles. The van der Waals surface area contributed by atoms with Crippen molar-refractivity contribution in [3.63, 3.8) is 0 Å². The maximum Gasteiger partial charge on any atom is 0.0856 e. The summed E-state index contributed by atoms with van der Waals surface area (Å²) < 4.78 is 0. The quantitative estimate of drug-likeness (QED) is 0.796. The fraction of sp³-hybridized carbons (Fsp3) is 0.583. The zero-order valence-corrected chi connectivity index (χ0v) is 8.83. The van der Waals surface area contributed by atoms with Crippen LogP contribution in [0.3, 0.4) is 0 Å². The highest BCUT2D eigenvalue weighted by atomic mass is 16.3. The number of nitrogens with zero attached hydrogens (tertiary/aromatic N) is 1. The third kappa shape index (κ3) is 1.80. The van der Waals surface area contributed by atoms with Crippen LogP contribution >= 0.6 is 0 Å². The summed E-state index contributed by atoms with van der Waals surface area (Å²) in [5, 5.41) is 9.24. The summed E-state index contributed by atoms with van der Waals surface area (Å²) in [5.74, 6) is 1.11. The van der Waals surface area contributed by atoms with E-state index in [9.17, 15) is 5.11 Å². The van der Waals surface area contributed by atoms with Crippen LogP contribution in [0.15, 0.2) is 12.1 Å². The predicted octanol–water partition coefficient (Wildman–Crippen LogP) is 2.57. The van der Waals surface area contributed by atoms with Gasteiger partial charge in [0.15, 0.2) is 0 Å². The van der Waals surface area contributed by atoms with Gasteiger partial charge in [0.05, 0.1) is 12.3 Å². The van der Waals surface area contributed by atoms with Gasteiger partial charge in [-0.05, 0) is 36.3 Å². The number of pyridine rings is 1. The van der Waals surface area contributed by atoms with E-state index in [-0.39, 0.29) is 6.61 Å². The molecule has 0 aromatic carbocycles. The minimum Gasteiger partial charge on any atom is -0.390 e. The largest absolute Gasteiger partial charge is 0.390 e. The Labute approximate surface area is 85.0 Å². The molecule has 0 unspecified atom stereocenters. The van der Waals surface area contributed by atoms with Crippen molar-refractivity contribution < 1.29 is 5.11 Å². The Morgan fingerprint density at radius 3 is 2.64 bits per heavy atom. The predicted molar refractivity (Wildman–Crippen MR) is 56.2 cm³/mol. The minimum absolute atomic E-state index is 0.0758. The van der Waals surface area contributed by atoms with Crippen molar-refractivity contribution in [2.45, 2.75) is 45.1 Å². The van der Waals surface area contributed by atoms with Gasteiger partial charge in [-0.15, -0.1) is 0 Å². The molecular formula is C12H17NO. The van der Waals surface area contributed by atoms with Gasteiger partial charge in [-0.25, -0.2) is 0 Å². The first-order chi connectivity index (χ1) is 6.72. The fourth-order valence-electron chi connectivity index (χ4n) is 1.74. The smallest absolute Gasteiger partial charge is 0.0856 e. The van der Waals surface area contributed by atoms with Crippen LogP contribution in [-0.2, 0) is 6.61 Å². The topological polar surface area (TPSA) is 33.1 Å². The molecule has 0 saturated heterocycles. The van der Waals surface area contributed by atoms with E-state index >= 15 is 0 Å². The van der Waals surface area contributed by atoms with Crippen molar-refractivity contribution in [1.29, 1.82) is 0 Å². The number of aliphatic hydroxyl groups is 1. The lowest BCUT2D eigenvalue weighted by molar-refractivity contribution is 0.275. The summed E-state index contributed by atoms with van der Waals surface area (Å²) in [6.07, 6.45) is 2.52. The molecule has 1 aliphatic carbocycles. The van der Waals surface area contributed by atoms with Gasteiger partial charge >= 0.3 is 0 Å². The molecule has 2 heteroatoms. The third-order valence-electron chi connectivity index (χ3n) is 2.79. The molecule has 14 heavy (non-hydrogen) atoms. The molecule has 0 aliphatic heterocycles. The van der Waals surface area contributed by atoms with Gasteiger partial charge in [-0.3, -0.25) is 4.98 Å². The normalized spacial score (nSPS) is 16.3. The summed E-state index contributed by atoms with van der Waals surface area (Å²) in [6.45, 7) is 4.33. The van der Waals surface area contributed by atoms with Crippen LogP contribution in [0, 0.1) is 0 Å². The number of aromatic nitrogens is 1. The van der Waals surface area contributed by atoms with E-state index in [0.717, 1.165) is 11.4 Å². The molecule has 2 nitrogen and oxygen atoms in total. The van der Waals surface area contributed by atoms with E-state index in [1.165, 1.54) is 18.4 Å². The molecule has 0 amide bonds. The van der Waals surface area contributed by atoms with Crippen LogP contribution in [0.5, 0.6) is 0 Å². The Morgan fingerprint density at radius 1 is 1.43 bits per heavy atom. The highest BCUT2D eigenvalue weighted by molar-refractivity contribution is 5.30. The minimum atomic E-state index is 0.0758. The highest BCUT2D eigenvalue weighted by Crippen LogP contribution is 2.41.